The standard InChI is InChI=1S/C18H16OSi.C2H3Cl3O.Zn/c19-20(16-10-4-1-5-11-16,17-12-6-2-7-13-17)18-14-8-3-9-15-18;3-2(4,5)1-6;/h1-15,19H;6H,1H2;. The molecule has 0 aromatic heterocycles. The number of aliphatic hydroxyl groups is 1. The Bertz CT molecular complexity index is 688. The van der Waals surface area contributed by atoms with Crippen molar-refractivity contribution >= 4 is 58.7 Å². The molecule has 0 aliphatic rings. The van der Waals surface area contributed by atoms with E-state index in [2.05, 4.69) is 0 Å². The molecule has 0 heterocycles. The van der Waals surface area contributed by atoms with Crippen LogP contribution in [0.4, 0.5) is 0 Å². The summed E-state index contributed by atoms with van der Waals surface area (Å²) < 4.78 is -1.49. The van der Waals surface area contributed by atoms with Crippen LogP contribution in [0, 0.1) is 0 Å². The predicted octanol–water partition coefficient (Wildman–Crippen LogP) is 2.99. The zero-order valence-electron chi connectivity index (χ0n) is 14.6. The maximum atomic E-state index is 11.6. The molecule has 0 aliphatic carbocycles. The first kappa shape index (κ1) is 24.3. The Morgan fingerprint density at radius 3 is 1.04 bits per heavy atom. The number of hydrogen-bond donors (Lipinski definition) is 2. The van der Waals surface area contributed by atoms with Gasteiger partial charge in [-0.3, -0.25) is 0 Å². The van der Waals surface area contributed by atoms with Gasteiger partial charge in [0.2, 0.25) is 3.79 Å². The summed E-state index contributed by atoms with van der Waals surface area (Å²) in [4.78, 5) is 11.6. The van der Waals surface area contributed by atoms with E-state index in [0.717, 1.165) is 15.6 Å². The molecular weight excluding hydrogens is 472 g/mol. The van der Waals surface area contributed by atoms with Gasteiger partial charge in [-0.15, -0.1) is 0 Å². The Labute approximate surface area is 188 Å². The fraction of sp³-hybridized carbons (Fsp3) is 0.100. The molecule has 138 valence electrons. The predicted molar refractivity (Wildman–Crippen MR) is 114 cm³/mol. The second kappa shape index (κ2) is 11.3. The Balaban J connectivity index is 0.000000456. The van der Waals surface area contributed by atoms with Crippen LogP contribution in [0.25, 0.3) is 0 Å². The van der Waals surface area contributed by atoms with Crippen molar-refractivity contribution in [3.05, 3.63) is 91.0 Å². The Kier molecular flexibility index (Phi) is 10.2. The summed E-state index contributed by atoms with van der Waals surface area (Å²) in [5, 5.41) is 11.0. The molecule has 0 amide bonds. The third kappa shape index (κ3) is 6.99. The molecule has 0 spiro atoms. The van der Waals surface area contributed by atoms with E-state index in [-0.39, 0.29) is 19.5 Å². The molecule has 27 heavy (non-hydrogen) atoms. The van der Waals surface area contributed by atoms with E-state index in [1.807, 2.05) is 91.0 Å². The van der Waals surface area contributed by atoms with Crippen molar-refractivity contribution in [2.24, 2.45) is 0 Å². The molecule has 0 radical (unpaired) electrons. The average Bonchev–Trinajstić information content (AvgIpc) is 2.69. The van der Waals surface area contributed by atoms with Gasteiger partial charge in [-0.1, -0.05) is 126 Å². The Hall–Kier alpha value is -0.710. The van der Waals surface area contributed by atoms with Crippen LogP contribution >= 0.6 is 34.8 Å². The van der Waals surface area contributed by atoms with E-state index in [0.29, 0.717) is 0 Å². The summed E-state index contributed by atoms with van der Waals surface area (Å²) in [5.41, 5.74) is 0. The molecule has 0 bridgehead atoms. The molecule has 0 unspecified atom stereocenters. The van der Waals surface area contributed by atoms with Crippen molar-refractivity contribution in [2.45, 2.75) is 3.79 Å². The van der Waals surface area contributed by atoms with Gasteiger partial charge < -0.3 is 9.90 Å². The molecular formula is C20H19Cl3O2SiZn. The van der Waals surface area contributed by atoms with E-state index >= 15 is 0 Å². The second-order valence-corrected chi connectivity index (χ2v) is 11.3. The van der Waals surface area contributed by atoms with Gasteiger partial charge in [0.25, 0.3) is 8.32 Å². The molecule has 7 heteroatoms. The van der Waals surface area contributed by atoms with Crippen molar-refractivity contribution in [2.75, 3.05) is 6.61 Å². The van der Waals surface area contributed by atoms with E-state index in [4.69, 9.17) is 39.9 Å². The molecule has 3 rings (SSSR count). The van der Waals surface area contributed by atoms with Crippen LogP contribution in [0.2, 0.25) is 0 Å². The number of halogens is 3. The number of hydrogen-bond acceptors (Lipinski definition) is 2. The molecule has 0 fully saturated rings. The Morgan fingerprint density at radius 1 is 0.630 bits per heavy atom. The topological polar surface area (TPSA) is 40.5 Å². The zero-order valence-corrected chi connectivity index (χ0v) is 20.8. The minimum absolute atomic E-state index is 0. The fourth-order valence-corrected chi connectivity index (χ4v) is 5.56. The number of alkyl halides is 3. The molecule has 2 nitrogen and oxygen atoms in total. The van der Waals surface area contributed by atoms with Crippen LogP contribution in [0.1, 0.15) is 0 Å². The van der Waals surface area contributed by atoms with Gasteiger partial charge >= 0.3 is 0 Å². The van der Waals surface area contributed by atoms with Crippen molar-refractivity contribution in [1.29, 1.82) is 0 Å². The van der Waals surface area contributed by atoms with Crippen molar-refractivity contribution in [3.8, 4) is 0 Å². The van der Waals surface area contributed by atoms with E-state index in [1.165, 1.54) is 0 Å². The summed E-state index contributed by atoms with van der Waals surface area (Å²) in [6.45, 7) is -0.433. The first-order valence-electron chi connectivity index (χ1n) is 7.94. The van der Waals surface area contributed by atoms with E-state index in [1.54, 1.807) is 0 Å². The van der Waals surface area contributed by atoms with E-state index < -0.39 is 18.7 Å². The van der Waals surface area contributed by atoms with Gasteiger partial charge in [0.15, 0.2) is 0 Å². The molecule has 2 N–H and O–H groups in total. The van der Waals surface area contributed by atoms with Crippen molar-refractivity contribution in [1.82, 2.24) is 0 Å². The van der Waals surface area contributed by atoms with Gasteiger partial charge in [0, 0.05) is 19.5 Å². The summed E-state index contributed by atoms with van der Waals surface area (Å²) in [6.07, 6.45) is 0. The van der Waals surface area contributed by atoms with Crippen LogP contribution in [0.15, 0.2) is 91.0 Å². The monoisotopic (exact) mass is 488 g/mol. The number of rotatable bonds is 3. The summed E-state index contributed by atoms with van der Waals surface area (Å²) in [5.74, 6) is 0. The van der Waals surface area contributed by atoms with Gasteiger partial charge in [-0.25, -0.2) is 0 Å². The second-order valence-electron chi connectivity index (χ2n) is 5.58. The van der Waals surface area contributed by atoms with E-state index in [9.17, 15) is 4.80 Å². The molecule has 0 saturated carbocycles. The SMILES string of the molecule is OCC(Cl)(Cl)Cl.O[Si](c1ccccc1)(c1ccccc1)c1ccccc1.[Zn]. The minimum Gasteiger partial charge on any atom is -0.421 e. The van der Waals surface area contributed by atoms with Gasteiger partial charge in [-0.05, 0) is 15.6 Å². The normalized spacial score (nSPS) is 11.0. The molecule has 3 aromatic carbocycles. The fourth-order valence-electron chi connectivity index (χ4n) is 2.54. The summed E-state index contributed by atoms with van der Waals surface area (Å²) >= 11 is 15.0. The molecule has 0 atom stereocenters. The third-order valence-electron chi connectivity index (χ3n) is 3.75. The third-order valence-corrected chi connectivity index (χ3v) is 7.62. The molecule has 0 saturated heterocycles. The molecule has 3 aromatic rings. The first-order chi connectivity index (χ1) is 12.4. The zero-order chi connectivity index (χ0) is 19.0. The van der Waals surface area contributed by atoms with Crippen LogP contribution in [-0.4, -0.2) is 28.6 Å². The molecule has 0 aliphatic heterocycles. The van der Waals surface area contributed by atoms with Crippen LogP contribution in [0.5, 0.6) is 0 Å². The van der Waals surface area contributed by atoms with Gasteiger partial charge in [-0.2, -0.15) is 0 Å². The average molecular weight is 491 g/mol. The minimum atomic E-state index is -2.88. The number of aliphatic hydroxyl groups excluding tert-OH is 1. The summed E-state index contributed by atoms with van der Waals surface area (Å²) in [7, 11) is -2.88. The smallest absolute Gasteiger partial charge is 0.285 e. The quantitative estimate of drug-likeness (QED) is 0.336. The van der Waals surface area contributed by atoms with Gasteiger partial charge in [0.1, 0.15) is 0 Å². The maximum Gasteiger partial charge on any atom is 0.285 e. The first-order valence-corrected chi connectivity index (χ1v) is 11.0. The number of benzene rings is 3. The summed E-state index contributed by atoms with van der Waals surface area (Å²) in [6, 6.07) is 30.0. The maximum absolute atomic E-state index is 11.6. The largest absolute Gasteiger partial charge is 0.421 e. The van der Waals surface area contributed by atoms with Crippen LogP contribution in [-0.2, 0) is 19.5 Å². The van der Waals surface area contributed by atoms with Crippen molar-refractivity contribution < 1.29 is 29.4 Å². The van der Waals surface area contributed by atoms with Gasteiger partial charge in [0.05, 0.1) is 6.61 Å². The van der Waals surface area contributed by atoms with Crippen molar-refractivity contribution in [3.63, 3.8) is 0 Å². The van der Waals surface area contributed by atoms with Crippen LogP contribution < -0.4 is 15.6 Å². The van der Waals surface area contributed by atoms with Crippen LogP contribution in [0.3, 0.4) is 0 Å². The Morgan fingerprint density at radius 2 is 0.852 bits per heavy atom.